The standard InChI is InChI=1S/C40H46F3N4O9P/c1-26(2)47(27(3)4)57(53-24-10-22-44)56-35-33(54-37(36(35)55-40(41,42)43)46-23-21-34(48)45-38(46)49)25-52-39(28-11-8-7-9-12-28,29-13-17-31(50-5)18-14-29)30-15-19-32(51-6)20-16-30/h7-9,11-21,23,26-27,33,35-37H,10,24-25H2,1-6H3,(H,45,48,49)/t33-,35-,36-,37-,57?/m1/s1. The van der Waals surface area contributed by atoms with E-state index in [1.807, 2.05) is 93.0 Å². The van der Waals surface area contributed by atoms with Gasteiger partial charge in [0, 0.05) is 24.3 Å². The van der Waals surface area contributed by atoms with Crippen LogP contribution in [-0.4, -0.2) is 78.4 Å². The number of hydrogen-bond acceptors (Lipinski definition) is 11. The first-order valence-corrected chi connectivity index (χ1v) is 19.3. The quantitative estimate of drug-likeness (QED) is 0.0628. The lowest BCUT2D eigenvalue weighted by Gasteiger charge is -2.39. The SMILES string of the molecule is COc1ccc(C(OC[C@H]2O[C@@H](n3ccc(=O)[nH]c3=O)[C@H](OC(F)(F)F)[C@@H]2OP(OCCC#N)N(C(C)C)C(C)C)(c2ccccc2)c2ccc(OC)cc2)cc1. The number of methoxy groups -OCH3 is 2. The molecule has 1 saturated heterocycles. The van der Waals surface area contributed by atoms with Crippen molar-refractivity contribution in [1.29, 1.82) is 5.26 Å². The van der Waals surface area contributed by atoms with E-state index in [0.717, 1.165) is 16.8 Å². The third kappa shape index (κ3) is 10.3. The summed E-state index contributed by atoms with van der Waals surface area (Å²) in [5, 5.41) is 9.29. The number of nitrogens with zero attached hydrogens (tertiary/aromatic N) is 3. The molecule has 4 aromatic rings. The van der Waals surface area contributed by atoms with Gasteiger partial charge in [-0.1, -0.05) is 54.6 Å². The van der Waals surface area contributed by atoms with Gasteiger partial charge in [0.25, 0.3) is 14.1 Å². The molecule has 0 aliphatic carbocycles. The van der Waals surface area contributed by atoms with Crippen molar-refractivity contribution >= 4 is 8.53 Å². The lowest BCUT2D eigenvalue weighted by Crippen LogP contribution is -2.45. The van der Waals surface area contributed by atoms with Crippen LogP contribution in [0.1, 0.15) is 57.0 Å². The molecule has 0 spiro atoms. The van der Waals surface area contributed by atoms with E-state index < -0.39 is 62.9 Å². The van der Waals surface area contributed by atoms with Gasteiger partial charge in [0.2, 0.25) is 0 Å². The smallest absolute Gasteiger partial charge is 0.497 e. The van der Waals surface area contributed by atoms with Crippen LogP contribution < -0.4 is 20.7 Å². The summed E-state index contributed by atoms with van der Waals surface area (Å²) in [6.07, 6.45) is -10.9. The molecule has 0 amide bonds. The molecule has 17 heteroatoms. The third-order valence-corrected chi connectivity index (χ3v) is 11.3. The number of rotatable bonds is 18. The number of alkyl halides is 3. The molecule has 2 heterocycles. The Labute approximate surface area is 329 Å². The van der Waals surface area contributed by atoms with E-state index in [9.17, 15) is 28.0 Å². The van der Waals surface area contributed by atoms with Crippen molar-refractivity contribution in [1.82, 2.24) is 14.2 Å². The number of hydrogen-bond donors (Lipinski definition) is 1. The van der Waals surface area contributed by atoms with Gasteiger partial charge in [-0.05, 0) is 68.7 Å². The zero-order valence-electron chi connectivity index (χ0n) is 32.3. The van der Waals surface area contributed by atoms with Gasteiger partial charge in [-0.15, -0.1) is 13.2 Å². The molecule has 57 heavy (non-hydrogen) atoms. The minimum atomic E-state index is -5.23. The van der Waals surface area contributed by atoms with Crippen molar-refractivity contribution in [2.24, 2.45) is 0 Å². The van der Waals surface area contributed by atoms with Crippen LogP contribution in [0.2, 0.25) is 0 Å². The summed E-state index contributed by atoms with van der Waals surface area (Å²) >= 11 is 0. The Morgan fingerprint density at radius 1 is 0.860 bits per heavy atom. The van der Waals surface area contributed by atoms with Crippen LogP contribution in [0.3, 0.4) is 0 Å². The third-order valence-electron chi connectivity index (χ3n) is 9.19. The number of H-pyrrole nitrogens is 1. The van der Waals surface area contributed by atoms with E-state index in [1.54, 1.807) is 38.5 Å². The normalized spacial score (nSPS) is 19.2. The summed E-state index contributed by atoms with van der Waals surface area (Å²) in [6, 6.07) is 26.2. The molecule has 5 atom stereocenters. The van der Waals surface area contributed by atoms with Crippen LogP contribution in [-0.2, 0) is 28.9 Å². The predicted octanol–water partition coefficient (Wildman–Crippen LogP) is 7.03. The van der Waals surface area contributed by atoms with Gasteiger partial charge in [0.15, 0.2) is 6.23 Å². The number of aromatic amines is 1. The molecule has 1 aromatic heterocycles. The van der Waals surface area contributed by atoms with E-state index in [0.29, 0.717) is 28.2 Å². The van der Waals surface area contributed by atoms with Crippen molar-refractivity contribution in [2.75, 3.05) is 27.4 Å². The number of nitriles is 1. The summed E-state index contributed by atoms with van der Waals surface area (Å²) in [7, 11) is 0.905. The van der Waals surface area contributed by atoms with Crippen LogP contribution >= 0.6 is 8.53 Å². The molecule has 1 aliphatic rings. The highest BCUT2D eigenvalue weighted by molar-refractivity contribution is 7.44. The zero-order valence-corrected chi connectivity index (χ0v) is 33.2. The molecule has 0 saturated carbocycles. The maximum absolute atomic E-state index is 14.4. The van der Waals surface area contributed by atoms with Gasteiger partial charge in [0.1, 0.15) is 35.4 Å². The first-order valence-electron chi connectivity index (χ1n) is 18.2. The van der Waals surface area contributed by atoms with Crippen molar-refractivity contribution in [3.63, 3.8) is 0 Å². The summed E-state index contributed by atoms with van der Waals surface area (Å²) < 4.78 is 87.6. The summed E-state index contributed by atoms with van der Waals surface area (Å²) in [6.45, 7) is 7.01. The maximum atomic E-state index is 14.4. The maximum Gasteiger partial charge on any atom is 0.523 e. The fourth-order valence-corrected chi connectivity index (χ4v) is 8.55. The number of benzene rings is 3. The van der Waals surface area contributed by atoms with Crippen LogP contribution in [0.25, 0.3) is 0 Å². The van der Waals surface area contributed by atoms with E-state index in [1.165, 1.54) is 0 Å². The molecule has 1 fully saturated rings. The van der Waals surface area contributed by atoms with Gasteiger partial charge in [-0.25, -0.2) is 9.46 Å². The molecule has 3 aromatic carbocycles. The topological polar surface area (TPSA) is 147 Å². The first-order chi connectivity index (χ1) is 27.2. The Balaban J connectivity index is 1.69. The zero-order chi connectivity index (χ0) is 41.3. The largest absolute Gasteiger partial charge is 0.523 e. The second-order valence-corrected chi connectivity index (χ2v) is 14.9. The Morgan fingerprint density at radius 3 is 1.91 bits per heavy atom. The molecular weight excluding hydrogens is 768 g/mol. The van der Waals surface area contributed by atoms with Crippen molar-refractivity contribution in [2.45, 2.75) is 82.7 Å². The predicted molar refractivity (Wildman–Crippen MR) is 205 cm³/mol. The highest BCUT2D eigenvalue weighted by Gasteiger charge is 2.55. The van der Waals surface area contributed by atoms with Gasteiger partial charge < -0.3 is 28.0 Å². The van der Waals surface area contributed by atoms with Crippen LogP contribution in [0.5, 0.6) is 11.5 Å². The second kappa shape index (κ2) is 19.2. The molecular formula is C40H46F3N4O9P. The van der Waals surface area contributed by atoms with Crippen LogP contribution in [0, 0.1) is 11.3 Å². The van der Waals surface area contributed by atoms with E-state index in [4.69, 9.17) is 32.7 Å². The average Bonchev–Trinajstić information content (AvgIpc) is 3.50. The number of aromatic nitrogens is 2. The van der Waals surface area contributed by atoms with E-state index in [2.05, 4.69) is 4.98 Å². The minimum absolute atomic E-state index is 0.0128. The van der Waals surface area contributed by atoms with Gasteiger partial charge in [0.05, 0.1) is 39.9 Å². The van der Waals surface area contributed by atoms with Gasteiger partial charge in [-0.3, -0.25) is 19.1 Å². The van der Waals surface area contributed by atoms with E-state index in [-0.39, 0.29) is 25.1 Å². The molecule has 0 radical (unpaired) electrons. The Morgan fingerprint density at radius 2 is 1.42 bits per heavy atom. The number of ether oxygens (including phenoxy) is 5. The fraction of sp³-hybridized carbons (Fsp3) is 0.425. The van der Waals surface area contributed by atoms with Crippen molar-refractivity contribution in [3.05, 3.63) is 129 Å². The summed E-state index contributed by atoms with van der Waals surface area (Å²) in [5.41, 5.74) is -1.27. The minimum Gasteiger partial charge on any atom is -0.497 e. The van der Waals surface area contributed by atoms with E-state index >= 15 is 0 Å². The highest BCUT2D eigenvalue weighted by Crippen LogP contribution is 2.52. The van der Waals surface area contributed by atoms with Crippen LogP contribution in [0.4, 0.5) is 13.2 Å². The first kappa shape index (κ1) is 43.5. The Bertz CT molecular complexity index is 1990. The van der Waals surface area contributed by atoms with Crippen molar-refractivity contribution < 1.29 is 45.9 Å². The number of nitrogens with one attached hydrogen (secondary N) is 1. The number of halogens is 3. The molecule has 13 nitrogen and oxygen atoms in total. The second-order valence-electron chi connectivity index (χ2n) is 13.5. The molecule has 1 N–H and O–H groups in total. The van der Waals surface area contributed by atoms with Crippen LogP contribution in [0.15, 0.2) is 101 Å². The molecule has 5 rings (SSSR count). The Hall–Kier alpha value is -4.59. The average molecular weight is 815 g/mol. The van der Waals surface area contributed by atoms with Gasteiger partial charge >= 0.3 is 12.1 Å². The monoisotopic (exact) mass is 814 g/mol. The molecule has 1 aliphatic heterocycles. The van der Waals surface area contributed by atoms with Crippen molar-refractivity contribution in [3.8, 4) is 17.6 Å². The summed E-state index contributed by atoms with van der Waals surface area (Å²) in [4.78, 5) is 27.3. The highest BCUT2D eigenvalue weighted by atomic mass is 31.2. The molecule has 306 valence electrons. The Kier molecular flexibility index (Phi) is 14.7. The molecule has 1 unspecified atom stereocenters. The fourth-order valence-electron chi connectivity index (χ4n) is 6.78. The van der Waals surface area contributed by atoms with Gasteiger partial charge in [-0.2, -0.15) is 5.26 Å². The lowest BCUT2D eigenvalue weighted by molar-refractivity contribution is -0.355. The summed E-state index contributed by atoms with van der Waals surface area (Å²) in [5.74, 6) is 1.16. The lowest BCUT2D eigenvalue weighted by atomic mass is 9.80. The molecule has 0 bridgehead atoms.